The van der Waals surface area contributed by atoms with E-state index in [9.17, 15) is 4.79 Å². The summed E-state index contributed by atoms with van der Waals surface area (Å²) in [7, 11) is 3.24. The van der Waals surface area contributed by atoms with E-state index in [0.29, 0.717) is 6.42 Å². The molecule has 1 aromatic rings. The first-order valence-electron chi connectivity index (χ1n) is 5.60. The summed E-state index contributed by atoms with van der Waals surface area (Å²) in [6.45, 7) is 3.26. The highest BCUT2D eigenvalue weighted by Crippen LogP contribution is 2.26. The van der Waals surface area contributed by atoms with Gasteiger partial charge in [-0.05, 0) is 30.7 Å². The van der Waals surface area contributed by atoms with Crippen molar-refractivity contribution in [2.45, 2.75) is 20.3 Å². The minimum Gasteiger partial charge on any atom is -0.497 e. The lowest BCUT2D eigenvalue weighted by molar-refractivity contribution is -0.135. The lowest BCUT2D eigenvalue weighted by atomic mass is 10.1. The van der Waals surface area contributed by atoms with Crippen molar-refractivity contribution >= 4 is 5.97 Å². The van der Waals surface area contributed by atoms with E-state index in [-0.39, 0.29) is 5.97 Å². The van der Waals surface area contributed by atoms with Crippen LogP contribution in [-0.2, 0) is 16.0 Å². The molecule has 1 aromatic carbocycles. The van der Waals surface area contributed by atoms with E-state index < -0.39 is 0 Å². The van der Waals surface area contributed by atoms with E-state index in [2.05, 4.69) is 0 Å². The van der Waals surface area contributed by atoms with Crippen LogP contribution < -0.4 is 9.47 Å². The Balaban J connectivity index is 2.87. The highest BCUT2D eigenvalue weighted by Gasteiger charge is 2.06. The number of carbonyl (C=O) groups excluding carboxylic acids is 1. The summed E-state index contributed by atoms with van der Waals surface area (Å²) in [6, 6.07) is 5.60. The van der Waals surface area contributed by atoms with Gasteiger partial charge in [0.2, 0.25) is 0 Å². The van der Waals surface area contributed by atoms with Gasteiger partial charge < -0.3 is 14.2 Å². The minimum atomic E-state index is -0.327. The summed E-state index contributed by atoms with van der Waals surface area (Å²) in [4.78, 5) is 10.7. The van der Waals surface area contributed by atoms with Crippen LogP contribution in [0, 0.1) is 0 Å². The van der Waals surface area contributed by atoms with Gasteiger partial charge in [0.1, 0.15) is 11.5 Å². The van der Waals surface area contributed by atoms with Gasteiger partial charge in [-0.25, -0.2) is 0 Å². The average molecular weight is 250 g/mol. The van der Waals surface area contributed by atoms with Crippen LogP contribution in [0.25, 0.3) is 0 Å². The molecule has 0 aromatic heterocycles. The van der Waals surface area contributed by atoms with Crippen molar-refractivity contribution in [2.24, 2.45) is 0 Å². The number of ether oxygens (including phenoxy) is 3. The zero-order valence-corrected chi connectivity index (χ0v) is 11.1. The molecule has 18 heavy (non-hydrogen) atoms. The first-order valence-corrected chi connectivity index (χ1v) is 5.60. The Bertz CT molecular complexity index is 449. The van der Waals surface area contributed by atoms with Crippen molar-refractivity contribution in [3.8, 4) is 11.5 Å². The number of allylic oxidation sites excluding steroid dienone is 1. The van der Waals surface area contributed by atoms with E-state index >= 15 is 0 Å². The lowest BCUT2D eigenvalue weighted by Crippen LogP contribution is -1.97. The Morgan fingerprint density at radius 2 is 1.94 bits per heavy atom. The Kier molecular flexibility index (Phi) is 5.24. The van der Waals surface area contributed by atoms with Crippen LogP contribution in [-0.4, -0.2) is 20.2 Å². The van der Waals surface area contributed by atoms with Crippen LogP contribution in [0.2, 0.25) is 0 Å². The SMILES string of the molecule is COc1ccc(OC)c(C/C(C)=C/OC(C)=O)c1. The van der Waals surface area contributed by atoms with Crippen LogP contribution in [0.1, 0.15) is 19.4 Å². The highest BCUT2D eigenvalue weighted by molar-refractivity contribution is 5.66. The molecule has 4 nitrogen and oxygen atoms in total. The minimum absolute atomic E-state index is 0.327. The summed E-state index contributed by atoms with van der Waals surface area (Å²) in [6.07, 6.45) is 2.09. The number of carbonyl (C=O) groups is 1. The van der Waals surface area contributed by atoms with Crippen LogP contribution >= 0.6 is 0 Å². The van der Waals surface area contributed by atoms with Gasteiger partial charge >= 0.3 is 5.97 Å². The van der Waals surface area contributed by atoms with Gasteiger partial charge in [0, 0.05) is 18.9 Å². The van der Waals surface area contributed by atoms with E-state index in [0.717, 1.165) is 22.6 Å². The summed E-state index contributed by atoms with van der Waals surface area (Å²) in [5.74, 6) is 1.23. The third-order valence-electron chi connectivity index (χ3n) is 2.38. The van der Waals surface area contributed by atoms with Crippen LogP contribution in [0.15, 0.2) is 30.0 Å². The molecule has 0 atom stereocenters. The topological polar surface area (TPSA) is 44.8 Å². The van der Waals surface area contributed by atoms with Gasteiger partial charge in [0.25, 0.3) is 0 Å². The quantitative estimate of drug-likeness (QED) is 0.595. The smallest absolute Gasteiger partial charge is 0.307 e. The van der Waals surface area contributed by atoms with Crippen molar-refractivity contribution in [3.05, 3.63) is 35.6 Å². The Labute approximate surface area is 107 Å². The zero-order chi connectivity index (χ0) is 13.5. The van der Waals surface area contributed by atoms with Crippen LogP contribution in [0.5, 0.6) is 11.5 Å². The predicted octanol–water partition coefficient (Wildman–Crippen LogP) is 2.71. The molecular weight excluding hydrogens is 232 g/mol. The summed E-state index contributed by atoms with van der Waals surface area (Å²) in [5.41, 5.74) is 1.91. The molecule has 0 heterocycles. The second-order valence-electron chi connectivity index (χ2n) is 3.93. The average Bonchev–Trinajstić information content (AvgIpc) is 2.36. The number of methoxy groups -OCH3 is 2. The lowest BCUT2D eigenvalue weighted by Gasteiger charge is -2.10. The molecule has 0 aliphatic carbocycles. The Morgan fingerprint density at radius 1 is 1.22 bits per heavy atom. The van der Waals surface area contributed by atoms with Crippen molar-refractivity contribution < 1.29 is 19.0 Å². The van der Waals surface area contributed by atoms with Gasteiger partial charge in [-0.15, -0.1) is 0 Å². The monoisotopic (exact) mass is 250 g/mol. The van der Waals surface area contributed by atoms with E-state index in [4.69, 9.17) is 14.2 Å². The molecule has 0 bridgehead atoms. The molecule has 0 aliphatic heterocycles. The largest absolute Gasteiger partial charge is 0.497 e. The number of rotatable bonds is 5. The fourth-order valence-electron chi connectivity index (χ4n) is 1.55. The Hall–Kier alpha value is -1.97. The maximum atomic E-state index is 10.7. The molecule has 4 heteroatoms. The Morgan fingerprint density at radius 3 is 2.50 bits per heavy atom. The molecule has 0 spiro atoms. The summed E-state index contributed by atoms with van der Waals surface area (Å²) in [5, 5.41) is 0. The predicted molar refractivity (Wildman–Crippen MR) is 68.8 cm³/mol. The van der Waals surface area contributed by atoms with Crippen LogP contribution in [0.4, 0.5) is 0 Å². The third kappa shape index (κ3) is 4.13. The first-order chi connectivity index (χ1) is 8.56. The number of benzene rings is 1. The van der Waals surface area contributed by atoms with Crippen molar-refractivity contribution in [1.82, 2.24) is 0 Å². The number of hydrogen-bond donors (Lipinski definition) is 0. The van der Waals surface area contributed by atoms with Gasteiger partial charge in [0.15, 0.2) is 0 Å². The van der Waals surface area contributed by atoms with Gasteiger partial charge in [-0.2, -0.15) is 0 Å². The first kappa shape index (κ1) is 14.1. The molecule has 0 aliphatic rings. The van der Waals surface area contributed by atoms with E-state index in [1.165, 1.54) is 13.2 Å². The molecule has 0 amide bonds. The van der Waals surface area contributed by atoms with Crippen molar-refractivity contribution in [1.29, 1.82) is 0 Å². The molecular formula is C14H18O4. The number of esters is 1. The molecule has 0 unspecified atom stereocenters. The zero-order valence-electron chi connectivity index (χ0n) is 11.1. The van der Waals surface area contributed by atoms with E-state index in [1.807, 2.05) is 25.1 Å². The fraction of sp³-hybridized carbons (Fsp3) is 0.357. The second-order valence-corrected chi connectivity index (χ2v) is 3.93. The van der Waals surface area contributed by atoms with Crippen molar-refractivity contribution in [3.63, 3.8) is 0 Å². The van der Waals surface area contributed by atoms with Crippen molar-refractivity contribution in [2.75, 3.05) is 14.2 Å². The summed E-state index contributed by atoms with van der Waals surface area (Å²) < 4.78 is 15.3. The number of hydrogen-bond acceptors (Lipinski definition) is 4. The normalized spacial score (nSPS) is 11.0. The molecule has 98 valence electrons. The molecule has 0 fully saturated rings. The fourth-order valence-corrected chi connectivity index (χ4v) is 1.55. The van der Waals surface area contributed by atoms with Gasteiger partial charge in [0.05, 0.1) is 20.5 Å². The van der Waals surface area contributed by atoms with Gasteiger partial charge in [-0.3, -0.25) is 4.79 Å². The van der Waals surface area contributed by atoms with E-state index in [1.54, 1.807) is 14.2 Å². The van der Waals surface area contributed by atoms with Crippen LogP contribution in [0.3, 0.4) is 0 Å². The standard InChI is InChI=1S/C14H18O4/c1-10(9-18-11(2)15)7-12-8-13(16-3)5-6-14(12)17-4/h5-6,8-9H,7H2,1-4H3/b10-9+. The summed E-state index contributed by atoms with van der Waals surface area (Å²) >= 11 is 0. The maximum absolute atomic E-state index is 10.7. The third-order valence-corrected chi connectivity index (χ3v) is 2.38. The molecule has 0 saturated carbocycles. The molecule has 0 radical (unpaired) electrons. The molecule has 0 saturated heterocycles. The highest BCUT2D eigenvalue weighted by atomic mass is 16.5. The maximum Gasteiger partial charge on any atom is 0.307 e. The molecule has 0 N–H and O–H groups in total. The molecule has 1 rings (SSSR count). The second kappa shape index (κ2) is 6.69. The van der Waals surface area contributed by atoms with Gasteiger partial charge in [-0.1, -0.05) is 0 Å².